The van der Waals surface area contributed by atoms with Crippen molar-refractivity contribution in [3.05, 3.63) is 29.3 Å². The second kappa shape index (κ2) is 14.9. The fourth-order valence-electron chi connectivity index (χ4n) is 3.05. The molecule has 2 N–H and O–H groups in total. The highest BCUT2D eigenvalue weighted by molar-refractivity contribution is 14.0. The first kappa shape index (κ1) is 25.0. The maximum atomic E-state index is 5.92. The van der Waals surface area contributed by atoms with Gasteiger partial charge in [0.25, 0.3) is 0 Å². The van der Waals surface area contributed by atoms with Crippen LogP contribution in [0.1, 0.15) is 30.4 Å². The predicted molar refractivity (Wildman–Crippen MR) is 125 cm³/mol. The van der Waals surface area contributed by atoms with Crippen LogP contribution in [0.5, 0.6) is 5.75 Å². The van der Waals surface area contributed by atoms with E-state index in [0.29, 0.717) is 12.5 Å². The molecule has 0 amide bonds. The van der Waals surface area contributed by atoms with Crippen LogP contribution in [-0.2, 0) is 9.47 Å². The molecule has 0 radical (unpaired) electrons. The van der Waals surface area contributed by atoms with Crippen molar-refractivity contribution < 1.29 is 14.2 Å². The summed E-state index contributed by atoms with van der Waals surface area (Å²) in [5, 5.41) is 6.64. The van der Waals surface area contributed by atoms with Gasteiger partial charge in [-0.15, -0.1) is 24.0 Å². The molecule has 1 heterocycles. The largest absolute Gasteiger partial charge is 0.493 e. The van der Waals surface area contributed by atoms with Crippen molar-refractivity contribution in [1.82, 2.24) is 10.6 Å². The van der Waals surface area contributed by atoms with E-state index >= 15 is 0 Å². The van der Waals surface area contributed by atoms with Crippen molar-refractivity contribution in [2.75, 3.05) is 53.2 Å². The van der Waals surface area contributed by atoms with E-state index in [9.17, 15) is 0 Å². The highest BCUT2D eigenvalue weighted by Gasteiger charge is 2.15. The average molecular weight is 505 g/mol. The van der Waals surface area contributed by atoms with Gasteiger partial charge >= 0.3 is 0 Å². The normalized spacial score (nSPS) is 16.5. The van der Waals surface area contributed by atoms with E-state index in [1.807, 2.05) is 0 Å². The first-order valence-electron chi connectivity index (χ1n) is 9.99. The van der Waals surface area contributed by atoms with Crippen molar-refractivity contribution in [3.8, 4) is 5.75 Å². The topological polar surface area (TPSA) is 64.1 Å². The lowest BCUT2D eigenvalue weighted by Crippen LogP contribution is -2.38. The smallest absolute Gasteiger partial charge is 0.190 e. The summed E-state index contributed by atoms with van der Waals surface area (Å²) >= 11 is 0. The summed E-state index contributed by atoms with van der Waals surface area (Å²) in [4.78, 5) is 4.25. The van der Waals surface area contributed by atoms with Crippen LogP contribution in [0.4, 0.5) is 0 Å². The molecule has 0 bridgehead atoms. The summed E-state index contributed by atoms with van der Waals surface area (Å²) in [6, 6.07) is 6.22. The number of ether oxygens (including phenoxy) is 3. The van der Waals surface area contributed by atoms with E-state index < -0.39 is 0 Å². The van der Waals surface area contributed by atoms with E-state index in [1.54, 1.807) is 7.05 Å². The van der Waals surface area contributed by atoms with Crippen molar-refractivity contribution >= 4 is 29.9 Å². The van der Waals surface area contributed by atoms with Gasteiger partial charge in [-0.25, -0.2) is 0 Å². The molecule has 1 aliphatic heterocycles. The highest BCUT2D eigenvalue weighted by atomic mass is 127. The van der Waals surface area contributed by atoms with Gasteiger partial charge in [-0.3, -0.25) is 4.99 Å². The number of para-hydroxylation sites is 1. The Bertz CT molecular complexity index is 558. The summed E-state index contributed by atoms with van der Waals surface area (Å²) < 4.78 is 17.0. The van der Waals surface area contributed by atoms with Crippen molar-refractivity contribution in [1.29, 1.82) is 0 Å². The van der Waals surface area contributed by atoms with E-state index in [-0.39, 0.29) is 24.0 Å². The number of aliphatic imine (C=N–C) groups is 1. The van der Waals surface area contributed by atoms with Crippen LogP contribution in [-0.4, -0.2) is 59.1 Å². The SMILES string of the molecule is CN=C(NCCCOCC1CCOC1)NCCCOc1c(C)cccc1C.I. The van der Waals surface area contributed by atoms with Gasteiger partial charge in [-0.2, -0.15) is 0 Å². The Morgan fingerprint density at radius 1 is 1.14 bits per heavy atom. The van der Waals surface area contributed by atoms with Crippen LogP contribution < -0.4 is 15.4 Å². The molecular formula is C21H36IN3O3. The van der Waals surface area contributed by atoms with Gasteiger partial charge in [-0.05, 0) is 44.2 Å². The molecule has 7 heteroatoms. The zero-order valence-electron chi connectivity index (χ0n) is 17.5. The monoisotopic (exact) mass is 505 g/mol. The number of aryl methyl sites for hydroxylation is 2. The quantitative estimate of drug-likeness (QED) is 0.209. The first-order valence-corrected chi connectivity index (χ1v) is 9.99. The second-order valence-electron chi connectivity index (χ2n) is 7.01. The molecule has 1 unspecified atom stereocenters. The lowest BCUT2D eigenvalue weighted by atomic mass is 10.1. The summed E-state index contributed by atoms with van der Waals surface area (Å²) in [6.07, 6.45) is 3.01. The van der Waals surface area contributed by atoms with Crippen LogP contribution in [0.3, 0.4) is 0 Å². The van der Waals surface area contributed by atoms with Crippen LogP contribution in [0.2, 0.25) is 0 Å². The standard InChI is InChI=1S/C21H35N3O3.HI/c1-17-7-4-8-18(2)20(17)27-13-6-11-24-21(22-3)23-10-5-12-25-15-19-9-14-26-16-19;/h4,7-8,19H,5-6,9-16H2,1-3H3,(H2,22,23,24);1H. The zero-order valence-corrected chi connectivity index (χ0v) is 19.8. The van der Waals surface area contributed by atoms with Gasteiger partial charge in [0.1, 0.15) is 5.75 Å². The van der Waals surface area contributed by atoms with Crippen molar-refractivity contribution in [2.45, 2.75) is 33.1 Å². The number of halogens is 1. The molecular weight excluding hydrogens is 469 g/mol. The van der Waals surface area contributed by atoms with Gasteiger partial charge in [0, 0.05) is 39.3 Å². The minimum absolute atomic E-state index is 0. The van der Waals surface area contributed by atoms with Crippen LogP contribution >= 0.6 is 24.0 Å². The molecule has 1 fully saturated rings. The molecule has 160 valence electrons. The third kappa shape index (κ3) is 9.43. The lowest BCUT2D eigenvalue weighted by Gasteiger charge is -2.14. The summed E-state index contributed by atoms with van der Waals surface area (Å²) in [5.41, 5.74) is 2.37. The third-order valence-corrected chi connectivity index (χ3v) is 4.63. The van der Waals surface area contributed by atoms with E-state index in [1.165, 1.54) is 11.1 Å². The molecule has 28 heavy (non-hydrogen) atoms. The van der Waals surface area contributed by atoms with Crippen LogP contribution in [0.15, 0.2) is 23.2 Å². The average Bonchev–Trinajstić information content (AvgIpc) is 3.18. The number of nitrogens with zero attached hydrogens (tertiary/aromatic N) is 1. The minimum Gasteiger partial charge on any atom is -0.493 e. The summed E-state index contributed by atoms with van der Waals surface area (Å²) in [7, 11) is 1.79. The Hall–Kier alpha value is -1.06. The molecule has 2 rings (SSSR count). The van der Waals surface area contributed by atoms with Crippen LogP contribution in [0.25, 0.3) is 0 Å². The fourth-order valence-corrected chi connectivity index (χ4v) is 3.05. The molecule has 1 aromatic carbocycles. The Balaban J connectivity index is 0.00000392. The number of nitrogens with one attached hydrogen (secondary N) is 2. The Kier molecular flexibility index (Phi) is 13.3. The Labute approximate surface area is 186 Å². The fraction of sp³-hybridized carbons (Fsp3) is 0.667. The maximum Gasteiger partial charge on any atom is 0.190 e. The molecule has 0 saturated carbocycles. The van der Waals surface area contributed by atoms with Gasteiger partial charge in [0.15, 0.2) is 5.96 Å². The number of benzene rings is 1. The molecule has 1 saturated heterocycles. The second-order valence-corrected chi connectivity index (χ2v) is 7.01. The lowest BCUT2D eigenvalue weighted by molar-refractivity contribution is 0.0888. The third-order valence-electron chi connectivity index (χ3n) is 4.63. The van der Waals surface area contributed by atoms with E-state index in [2.05, 4.69) is 47.7 Å². The van der Waals surface area contributed by atoms with Gasteiger partial charge < -0.3 is 24.8 Å². The first-order chi connectivity index (χ1) is 13.2. The van der Waals surface area contributed by atoms with E-state index in [0.717, 1.165) is 70.5 Å². The Morgan fingerprint density at radius 2 is 1.82 bits per heavy atom. The van der Waals surface area contributed by atoms with Crippen molar-refractivity contribution in [3.63, 3.8) is 0 Å². The maximum absolute atomic E-state index is 5.92. The van der Waals surface area contributed by atoms with Crippen molar-refractivity contribution in [2.24, 2.45) is 10.9 Å². The number of rotatable bonds is 11. The molecule has 1 atom stereocenters. The molecule has 0 aromatic heterocycles. The molecule has 1 aliphatic rings. The van der Waals surface area contributed by atoms with E-state index in [4.69, 9.17) is 14.2 Å². The summed E-state index contributed by atoms with van der Waals surface area (Å²) in [6.45, 7) is 9.83. The van der Waals surface area contributed by atoms with Gasteiger partial charge in [-0.1, -0.05) is 18.2 Å². The number of guanidine groups is 1. The molecule has 0 aliphatic carbocycles. The Morgan fingerprint density at radius 3 is 2.43 bits per heavy atom. The zero-order chi connectivity index (χ0) is 19.3. The highest BCUT2D eigenvalue weighted by Crippen LogP contribution is 2.22. The number of hydrogen-bond acceptors (Lipinski definition) is 4. The van der Waals surface area contributed by atoms with Gasteiger partial charge in [0.2, 0.25) is 0 Å². The predicted octanol–water partition coefficient (Wildman–Crippen LogP) is 3.30. The molecule has 0 spiro atoms. The minimum atomic E-state index is 0. The summed E-state index contributed by atoms with van der Waals surface area (Å²) in [5.74, 6) is 2.41. The molecule has 6 nitrogen and oxygen atoms in total. The molecule has 1 aromatic rings. The van der Waals surface area contributed by atoms with Gasteiger partial charge in [0.05, 0.1) is 19.8 Å². The number of hydrogen-bond donors (Lipinski definition) is 2. The van der Waals surface area contributed by atoms with Crippen LogP contribution in [0, 0.1) is 19.8 Å².